The van der Waals surface area contributed by atoms with E-state index in [0.29, 0.717) is 38.3 Å². The third-order valence-electron chi connectivity index (χ3n) is 9.03. The largest absolute Gasteiger partial charge is 0.363 e. The number of thiol groups is 1. The predicted molar refractivity (Wildman–Crippen MR) is 185 cm³/mol. The zero-order chi connectivity index (χ0) is 34.3. The molecule has 2 aliphatic carbocycles. The highest BCUT2D eigenvalue weighted by atomic mass is 32.1. The summed E-state index contributed by atoms with van der Waals surface area (Å²) in [5.74, 6) is -1.19. The molecule has 0 aromatic carbocycles. The number of unbranched alkanes of at least 4 members (excludes halogenated alkanes) is 1. The Balaban J connectivity index is 0.00000236. The van der Waals surface area contributed by atoms with Crippen molar-refractivity contribution in [2.24, 2.45) is 23.0 Å². The Morgan fingerprint density at radius 1 is 0.891 bits per heavy atom. The minimum Gasteiger partial charge on any atom is -0.363 e. The van der Waals surface area contributed by atoms with Crippen LogP contribution < -0.4 is 27.0 Å². The number of urea groups is 1. The molecule has 12 heteroatoms. The number of hydrogen-bond acceptors (Lipinski definition) is 7. The third-order valence-corrected chi connectivity index (χ3v) is 9.35. The molecule has 6 N–H and O–H groups in total. The molecule has 4 unspecified atom stereocenters. The van der Waals surface area contributed by atoms with Gasteiger partial charge in [0.15, 0.2) is 0 Å². The standard InChI is InChI=1S/C31H54N6O5S.C3H8/c1-31(2,3)26(36-30(42)35-23(19-33-15-7-8-17-43)21-10-5-4-6-11-21)29(41)37-16-9-12-24(37)28(40)34-22(18-20-13-14-20)25(38)27(32)39;1-3-2/h20-24,26,33,43H,4-19H2,1-3H3,(H2,32,39)(H,34,40)(H2,35,36,42);3H2,1-2H3. The van der Waals surface area contributed by atoms with Crippen molar-refractivity contribution in [3.8, 4) is 0 Å². The van der Waals surface area contributed by atoms with E-state index in [1.165, 1.54) is 17.7 Å². The van der Waals surface area contributed by atoms with Crippen molar-refractivity contribution in [2.75, 3.05) is 25.4 Å². The Morgan fingerprint density at radius 2 is 1.54 bits per heavy atom. The van der Waals surface area contributed by atoms with Crippen LogP contribution in [-0.2, 0) is 19.2 Å². The van der Waals surface area contributed by atoms with Crippen LogP contribution in [-0.4, -0.2) is 84.0 Å². The number of nitrogens with two attached hydrogens (primary N) is 1. The smallest absolute Gasteiger partial charge is 0.315 e. The molecule has 5 amide bonds. The van der Waals surface area contributed by atoms with E-state index in [0.717, 1.165) is 63.7 Å². The molecule has 0 aromatic rings. The minimum absolute atomic E-state index is 0.0523. The molecule has 0 spiro atoms. The van der Waals surface area contributed by atoms with Gasteiger partial charge in [-0.15, -0.1) is 0 Å². The second kappa shape index (κ2) is 20.1. The van der Waals surface area contributed by atoms with Gasteiger partial charge in [0, 0.05) is 19.1 Å². The molecule has 4 atom stereocenters. The summed E-state index contributed by atoms with van der Waals surface area (Å²) in [5.41, 5.74) is 4.62. The van der Waals surface area contributed by atoms with E-state index in [2.05, 4.69) is 47.7 Å². The summed E-state index contributed by atoms with van der Waals surface area (Å²) in [6.45, 7) is 11.8. The van der Waals surface area contributed by atoms with Gasteiger partial charge >= 0.3 is 6.03 Å². The highest BCUT2D eigenvalue weighted by molar-refractivity contribution is 7.80. The van der Waals surface area contributed by atoms with Gasteiger partial charge in [-0.05, 0) is 74.5 Å². The van der Waals surface area contributed by atoms with Crippen molar-refractivity contribution >= 4 is 42.2 Å². The molecule has 11 nitrogen and oxygen atoms in total. The summed E-state index contributed by atoms with van der Waals surface area (Å²) in [6.07, 6.45) is 12.3. The Kier molecular flexibility index (Phi) is 17.4. The lowest BCUT2D eigenvalue weighted by Crippen LogP contribution is -2.61. The Labute approximate surface area is 282 Å². The quantitative estimate of drug-likeness (QED) is 0.0836. The van der Waals surface area contributed by atoms with Crippen molar-refractivity contribution in [3.63, 3.8) is 0 Å². The molecule has 46 heavy (non-hydrogen) atoms. The number of hydrogen-bond donors (Lipinski definition) is 6. The minimum atomic E-state index is -1.08. The Bertz CT molecular complexity index is 995. The van der Waals surface area contributed by atoms with E-state index in [1.54, 1.807) is 0 Å². The predicted octanol–water partition coefficient (Wildman–Crippen LogP) is 3.70. The summed E-state index contributed by atoms with van der Waals surface area (Å²) in [5, 5.41) is 12.3. The van der Waals surface area contributed by atoms with Gasteiger partial charge in [-0.25, -0.2) is 4.79 Å². The maximum absolute atomic E-state index is 14.0. The van der Waals surface area contributed by atoms with Gasteiger partial charge in [-0.3, -0.25) is 19.2 Å². The third kappa shape index (κ3) is 13.4. The first-order valence-electron chi connectivity index (χ1n) is 17.7. The molecule has 2 saturated carbocycles. The van der Waals surface area contributed by atoms with E-state index >= 15 is 0 Å². The molecule has 0 radical (unpaired) electrons. The molecule has 0 bridgehead atoms. The van der Waals surface area contributed by atoms with Crippen LogP contribution >= 0.6 is 12.6 Å². The molecule has 3 rings (SSSR count). The lowest BCUT2D eigenvalue weighted by molar-refractivity contribution is -0.143. The van der Waals surface area contributed by atoms with Crippen molar-refractivity contribution in [1.29, 1.82) is 0 Å². The van der Waals surface area contributed by atoms with E-state index < -0.39 is 47.2 Å². The molecule has 0 aromatic heterocycles. The summed E-state index contributed by atoms with van der Waals surface area (Å²) in [6, 6.07) is -3.09. The van der Waals surface area contributed by atoms with Crippen molar-refractivity contribution < 1.29 is 24.0 Å². The second-order valence-electron chi connectivity index (χ2n) is 14.4. The maximum atomic E-state index is 14.0. The topological polar surface area (TPSA) is 163 Å². The number of amides is 5. The fraction of sp³-hybridized carbons (Fsp3) is 0.853. The Morgan fingerprint density at radius 3 is 2.11 bits per heavy atom. The van der Waals surface area contributed by atoms with Crippen LogP contribution in [0, 0.1) is 17.3 Å². The second-order valence-corrected chi connectivity index (χ2v) is 14.9. The molecule has 3 fully saturated rings. The number of nitrogens with one attached hydrogen (secondary N) is 4. The number of Topliss-reactive ketones (excluding diaryl/α,β-unsaturated/α-hetero) is 1. The van der Waals surface area contributed by atoms with Crippen LogP contribution in [0.1, 0.15) is 118 Å². The fourth-order valence-electron chi connectivity index (χ4n) is 6.31. The van der Waals surface area contributed by atoms with Crippen LogP contribution in [0.4, 0.5) is 4.79 Å². The maximum Gasteiger partial charge on any atom is 0.315 e. The van der Waals surface area contributed by atoms with E-state index in [-0.39, 0.29) is 17.9 Å². The van der Waals surface area contributed by atoms with Crippen molar-refractivity contribution in [3.05, 3.63) is 0 Å². The number of ketones is 1. The van der Waals surface area contributed by atoms with E-state index in [9.17, 15) is 24.0 Å². The summed E-state index contributed by atoms with van der Waals surface area (Å²) in [7, 11) is 0. The lowest BCUT2D eigenvalue weighted by Gasteiger charge is -2.37. The first kappa shape index (κ1) is 39.8. The molecule has 1 aliphatic heterocycles. The zero-order valence-electron chi connectivity index (χ0n) is 29.0. The normalized spacial score (nSPS) is 20.5. The monoisotopic (exact) mass is 666 g/mol. The lowest BCUT2D eigenvalue weighted by atomic mass is 9.83. The van der Waals surface area contributed by atoms with Crippen LogP contribution in [0.25, 0.3) is 0 Å². The average molecular weight is 667 g/mol. The first-order chi connectivity index (χ1) is 21.8. The average Bonchev–Trinajstić information content (AvgIpc) is 3.69. The van der Waals surface area contributed by atoms with Gasteiger partial charge < -0.3 is 31.9 Å². The highest BCUT2D eigenvalue weighted by Gasteiger charge is 2.43. The van der Waals surface area contributed by atoms with Crippen molar-refractivity contribution in [2.45, 2.75) is 142 Å². The van der Waals surface area contributed by atoms with Crippen molar-refractivity contribution in [1.82, 2.24) is 26.2 Å². The summed E-state index contributed by atoms with van der Waals surface area (Å²) in [4.78, 5) is 66.3. The summed E-state index contributed by atoms with van der Waals surface area (Å²) >= 11 is 4.28. The molecular weight excluding hydrogens is 604 g/mol. The van der Waals surface area contributed by atoms with Crippen LogP contribution in [0.15, 0.2) is 0 Å². The van der Waals surface area contributed by atoms with Gasteiger partial charge in [-0.1, -0.05) is 73.1 Å². The first-order valence-corrected chi connectivity index (χ1v) is 18.3. The molecular formula is C34H62N6O5S. The van der Waals surface area contributed by atoms with Gasteiger partial charge in [-0.2, -0.15) is 12.6 Å². The summed E-state index contributed by atoms with van der Waals surface area (Å²) < 4.78 is 0. The number of primary amides is 1. The SMILES string of the molecule is CC(C)(C)C(NC(=O)NC(CNCCCCS)C1CCCCC1)C(=O)N1CCCC1C(=O)NC(CC1CC1)C(=O)C(N)=O.CCC. The van der Waals surface area contributed by atoms with Gasteiger partial charge in [0.1, 0.15) is 12.1 Å². The molecule has 3 aliphatic rings. The highest BCUT2D eigenvalue weighted by Crippen LogP contribution is 2.34. The van der Waals surface area contributed by atoms with E-state index in [4.69, 9.17) is 5.73 Å². The number of carbonyl (C=O) groups is 5. The van der Waals surface area contributed by atoms with Gasteiger partial charge in [0.25, 0.3) is 5.91 Å². The number of nitrogens with zero attached hydrogens (tertiary/aromatic N) is 1. The van der Waals surface area contributed by atoms with Crippen LogP contribution in [0.2, 0.25) is 0 Å². The number of rotatable bonds is 16. The van der Waals surface area contributed by atoms with Crippen LogP contribution in [0.3, 0.4) is 0 Å². The molecule has 1 heterocycles. The van der Waals surface area contributed by atoms with Crippen LogP contribution in [0.5, 0.6) is 0 Å². The zero-order valence-corrected chi connectivity index (χ0v) is 29.9. The van der Waals surface area contributed by atoms with E-state index in [1.807, 2.05) is 20.8 Å². The fourth-order valence-corrected chi connectivity index (χ4v) is 6.53. The number of likely N-dealkylation sites (tertiary alicyclic amines) is 1. The molecule has 1 saturated heterocycles. The van der Waals surface area contributed by atoms with Gasteiger partial charge in [0.2, 0.25) is 17.6 Å². The Hall–Kier alpha value is -2.34. The molecule has 264 valence electrons. The van der Waals surface area contributed by atoms with Gasteiger partial charge in [0.05, 0.1) is 6.04 Å². The number of carbonyl (C=O) groups excluding carboxylic acids is 5.